The van der Waals surface area contributed by atoms with Gasteiger partial charge in [-0.15, -0.1) is 0 Å². The standard InChI is InChI=1S/C16H19NO5S/c1-10-5-13(20-3)14(21-4)6-12(10)8-22-15(18)7-17-11(2)9-23-16(17)19/h5-6,9H,7-8H2,1-4H3. The van der Waals surface area contributed by atoms with Crippen LogP contribution >= 0.6 is 11.3 Å². The first-order valence-electron chi connectivity index (χ1n) is 6.98. The Morgan fingerprint density at radius 3 is 2.39 bits per heavy atom. The summed E-state index contributed by atoms with van der Waals surface area (Å²) in [7, 11) is 3.12. The van der Waals surface area contributed by atoms with E-state index in [0.29, 0.717) is 11.5 Å². The number of hydrogen-bond donors (Lipinski definition) is 0. The van der Waals surface area contributed by atoms with Gasteiger partial charge in [0.05, 0.1) is 14.2 Å². The molecule has 0 N–H and O–H groups in total. The average Bonchev–Trinajstić information content (AvgIpc) is 2.85. The van der Waals surface area contributed by atoms with Crippen molar-refractivity contribution in [1.29, 1.82) is 0 Å². The van der Waals surface area contributed by atoms with Gasteiger partial charge >= 0.3 is 10.8 Å². The molecule has 7 heteroatoms. The third-order valence-corrected chi connectivity index (χ3v) is 4.38. The lowest BCUT2D eigenvalue weighted by Crippen LogP contribution is -2.22. The summed E-state index contributed by atoms with van der Waals surface area (Å²) >= 11 is 1.07. The smallest absolute Gasteiger partial charge is 0.326 e. The van der Waals surface area contributed by atoms with Crippen molar-refractivity contribution in [3.8, 4) is 11.5 Å². The Morgan fingerprint density at radius 1 is 1.17 bits per heavy atom. The number of hydrogen-bond acceptors (Lipinski definition) is 6. The fourth-order valence-electron chi connectivity index (χ4n) is 2.11. The Balaban J connectivity index is 2.06. The predicted molar refractivity (Wildman–Crippen MR) is 87.4 cm³/mol. The van der Waals surface area contributed by atoms with Crippen molar-refractivity contribution in [2.75, 3.05) is 14.2 Å². The van der Waals surface area contributed by atoms with Gasteiger partial charge in [-0.3, -0.25) is 14.2 Å². The Bertz CT molecular complexity index is 762. The number of carbonyl (C=O) groups is 1. The van der Waals surface area contributed by atoms with E-state index in [9.17, 15) is 9.59 Å². The molecular weight excluding hydrogens is 318 g/mol. The molecule has 124 valence electrons. The van der Waals surface area contributed by atoms with Gasteiger partial charge < -0.3 is 14.2 Å². The highest BCUT2D eigenvalue weighted by Crippen LogP contribution is 2.30. The van der Waals surface area contributed by atoms with Crippen molar-refractivity contribution in [3.63, 3.8) is 0 Å². The molecule has 0 aliphatic rings. The zero-order chi connectivity index (χ0) is 17.0. The third kappa shape index (κ3) is 3.92. The fourth-order valence-corrected chi connectivity index (χ4v) is 2.84. The summed E-state index contributed by atoms with van der Waals surface area (Å²) in [5.41, 5.74) is 2.50. The summed E-state index contributed by atoms with van der Waals surface area (Å²) < 4.78 is 17.1. The molecule has 0 saturated heterocycles. The maximum Gasteiger partial charge on any atom is 0.326 e. The molecule has 1 aromatic carbocycles. The van der Waals surface area contributed by atoms with E-state index in [0.717, 1.165) is 28.2 Å². The van der Waals surface area contributed by atoms with Crippen LogP contribution in [0.5, 0.6) is 11.5 Å². The van der Waals surface area contributed by atoms with Gasteiger partial charge in [0.1, 0.15) is 13.2 Å². The van der Waals surface area contributed by atoms with Crippen molar-refractivity contribution >= 4 is 17.3 Å². The van der Waals surface area contributed by atoms with Crippen molar-refractivity contribution in [2.24, 2.45) is 0 Å². The molecular formula is C16H19NO5S. The molecule has 0 unspecified atom stereocenters. The fraction of sp³-hybridized carbons (Fsp3) is 0.375. The van der Waals surface area contributed by atoms with E-state index in [-0.39, 0.29) is 18.0 Å². The van der Waals surface area contributed by atoms with Gasteiger partial charge in [-0.1, -0.05) is 11.3 Å². The monoisotopic (exact) mass is 337 g/mol. The highest BCUT2D eigenvalue weighted by molar-refractivity contribution is 7.07. The molecule has 6 nitrogen and oxygen atoms in total. The molecule has 1 heterocycles. The highest BCUT2D eigenvalue weighted by Gasteiger charge is 2.12. The van der Waals surface area contributed by atoms with Crippen LogP contribution in [-0.4, -0.2) is 24.8 Å². The van der Waals surface area contributed by atoms with Crippen LogP contribution < -0.4 is 14.3 Å². The molecule has 0 bridgehead atoms. The van der Waals surface area contributed by atoms with Gasteiger partial charge in [0.2, 0.25) is 0 Å². The lowest BCUT2D eigenvalue weighted by molar-refractivity contribution is -0.145. The van der Waals surface area contributed by atoms with E-state index in [1.54, 1.807) is 32.6 Å². The van der Waals surface area contributed by atoms with E-state index >= 15 is 0 Å². The predicted octanol–water partition coefficient (Wildman–Crippen LogP) is 2.29. The number of aromatic nitrogens is 1. The molecule has 0 atom stereocenters. The SMILES string of the molecule is COc1cc(C)c(COC(=O)Cn2c(C)csc2=O)cc1OC. The van der Waals surface area contributed by atoms with Gasteiger partial charge in [0.25, 0.3) is 0 Å². The molecule has 0 radical (unpaired) electrons. The van der Waals surface area contributed by atoms with Crippen LogP contribution in [0.3, 0.4) is 0 Å². The number of nitrogens with zero attached hydrogens (tertiary/aromatic N) is 1. The lowest BCUT2D eigenvalue weighted by Gasteiger charge is -2.13. The van der Waals surface area contributed by atoms with Crippen molar-refractivity contribution in [1.82, 2.24) is 4.57 Å². The maximum absolute atomic E-state index is 11.9. The van der Waals surface area contributed by atoms with Crippen LogP contribution in [0.25, 0.3) is 0 Å². The van der Waals surface area contributed by atoms with E-state index in [1.165, 1.54) is 4.57 Å². The van der Waals surface area contributed by atoms with Gasteiger partial charge in [0.15, 0.2) is 11.5 Å². The van der Waals surface area contributed by atoms with Crippen LogP contribution in [0.2, 0.25) is 0 Å². The number of benzene rings is 1. The number of thiazole rings is 1. The van der Waals surface area contributed by atoms with E-state index in [4.69, 9.17) is 14.2 Å². The molecule has 0 spiro atoms. The number of methoxy groups -OCH3 is 2. The van der Waals surface area contributed by atoms with Crippen molar-refractivity contribution in [2.45, 2.75) is 27.0 Å². The normalized spacial score (nSPS) is 10.4. The van der Waals surface area contributed by atoms with Gasteiger partial charge in [-0.2, -0.15) is 0 Å². The second-order valence-corrected chi connectivity index (χ2v) is 5.84. The van der Waals surface area contributed by atoms with Gasteiger partial charge in [0, 0.05) is 11.1 Å². The minimum atomic E-state index is -0.456. The summed E-state index contributed by atoms with van der Waals surface area (Å²) in [6.07, 6.45) is 0. The molecule has 23 heavy (non-hydrogen) atoms. The summed E-state index contributed by atoms with van der Waals surface area (Å²) in [6.45, 7) is 3.71. The molecule has 0 saturated carbocycles. The number of aryl methyl sites for hydroxylation is 2. The number of ether oxygens (including phenoxy) is 3. The topological polar surface area (TPSA) is 66.8 Å². The molecule has 0 fully saturated rings. The first-order chi connectivity index (χ1) is 11.0. The van der Waals surface area contributed by atoms with Crippen LogP contribution in [0.4, 0.5) is 0 Å². The van der Waals surface area contributed by atoms with E-state index in [1.807, 2.05) is 13.0 Å². The van der Waals surface area contributed by atoms with Crippen molar-refractivity contribution < 1.29 is 19.0 Å². The Hall–Kier alpha value is -2.28. The molecule has 2 aromatic rings. The summed E-state index contributed by atoms with van der Waals surface area (Å²) in [5, 5.41) is 1.72. The van der Waals surface area contributed by atoms with Crippen LogP contribution in [-0.2, 0) is 22.7 Å². The third-order valence-electron chi connectivity index (χ3n) is 3.49. The number of rotatable bonds is 6. The Labute approximate surface area is 138 Å². The Morgan fingerprint density at radius 2 is 1.83 bits per heavy atom. The van der Waals surface area contributed by atoms with E-state index in [2.05, 4.69) is 0 Å². The summed E-state index contributed by atoms with van der Waals surface area (Å²) in [5.74, 6) is 0.748. The summed E-state index contributed by atoms with van der Waals surface area (Å²) in [6, 6.07) is 3.61. The first-order valence-corrected chi connectivity index (χ1v) is 7.86. The minimum Gasteiger partial charge on any atom is -0.493 e. The largest absolute Gasteiger partial charge is 0.493 e. The zero-order valence-electron chi connectivity index (χ0n) is 13.5. The van der Waals surface area contributed by atoms with Gasteiger partial charge in [-0.25, -0.2) is 0 Å². The number of carbonyl (C=O) groups excluding carboxylic acids is 1. The quantitative estimate of drug-likeness (QED) is 0.757. The second kappa shape index (κ2) is 7.32. The second-order valence-electron chi connectivity index (χ2n) is 5.02. The number of esters is 1. The van der Waals surface area contributed by atoms with Crippen LogP contribution in [0, 0.1) is 13.8 Å². The maximum atomic E-state index is 11.9. The van der Waals surface area contributed by atoms with E-state index < -0.39 is 5.97 Å². The summed E-state index contributed by atoms with van der Waals surface area (Å²) in [4.78, 5) is 23.4. The van der Waals surface area contributed by atoms with Gasteiger partial charge in [-0.05, 0) is 37.1 Å². The average molecular weight is 337 g/mol. The minimum absolute atomic E-state index is 0.0828. The highest BCUT2D eigenvalue weighted by atomic mass is 32.1. The molecule has 0 amide bonds. The lowest BCUT2D eigenvalue weighted by atomic mass is 10.1. The zero-order valence-corrected chi connectivity index (χ0v) is 14.4. The Kier molecular flexibility index (Phi) is 5.44. The van der Waals surface area contributed by atoms with Crippen LogP contribution in [0.15, 0.2) is 22.3 Å². The molecule has 0 aliphatic carbocycles. The van der Waals surface area contributed by atoms with Crippen molar-refractivity contribution in [3.05, 3.63) is 44.0 Å². The molecule has 1 aromatic heterocycles. The molecule has 0 aliphatic heterocycles. The molecule has 2 rings (SSSR count). The first kappa shape index (κ1) is 17.1. The van der Waals surface area contributed by atoms with Crippen LogP contribution in [0.1, 0.15) is 16.8 Å².